The molecule has 0 saturated carbocycles. The van der Waals surface area contributed by atoms with Crippen LogP contribution in [0.2, 0.25) is 0 Å². The standard InChI is InChI=1S/C18H21NO4/c1-19(10-9-14-7-4-5-11-22-14)17(20)15-12-13-6-2-3-8-16(13)23-18(15)21/h2-3,6,8,12,14H,4-5,7,9-11H2,1H3. The van der Waals surface area contributed by atoms with E-state index >= 15 is 0 Å². The minimum absolute atomic E-state index is 0.0794. The molecule has 122 valence electrons. The Bertz CT molecular complexity index is 746. The summed E-state index contributed by atoms with van der Waals surface area (Å²) in [5, 5.41) is 0.750. The van der Waals surface area contributed by atoms with Crippen molar-refractivity contribution in [3.8, 4) is 0 Å². The van der Waals surface area contributed by atoms with Gasteiger partial charge in [0.1, 0.15) is 11.1 Å². The first-order valence-electron chi connectivity index (χ1n) is 8.05. The van der Waals surface area contributed by atoms with Crippen molar-refractivity contribution in [3.05, 3.63) is 46.3 Å². The number of carbonyl (C=O) groups excluding carboxylic acids is 1. The lowest BCUT2D eigenvalue weighted by molar-refractivity contribution is 0.00707. The Morgan fingerprint density at radius 1 is 1.30 bits per heavy atom. The van der Waals surface area contributed by atoms with Gasteiger partial charge < -0.3 is 14.1 Å². The topological polar surface area (TPSA) is 59.8 Å². The van der Waals surface area contributed by atoms with Gasteiger partial charge >= 0.3 is 5.63 Å². The summed E-state index contributed by atoms with van der Waals surface area (Å²) in [5.74, 6) is -0.305. The van der Waals surface area contributed by atoms with E-state index in [1.54, 1.807) is 30.1 Å². The highest BCUT2D eigenvalue weighted by atomic mass is 16.5. The summed E-state index contributed by atoms with van der Waals surface area (Å²) in [6.45, 7) is 1.37. The molecule has 1 atom stereocenters. The van der Waals surface area contributed by atoms with Crippen LogP contribution in [0.3, 0.4) is 0 Å². The van der Waals surface area contributed by atoms with Crippen LogP contribution in [0.4, 0.5) is 0 Å². The highest BCUT2D eigenvalue weighted by Crippen LogP contribution is 2.17. The van der Waals surface area contributed by atoms with Crippen molar-refractivity contribution in [1.29, 1.82) is 0 Å². The fraction of sp³-hybridized carbons (Fsp3) is 0.444. The average Bonchev–Trinajstić information content (AvgIpc) is 2.59. The van der Waals surface area contributed by atoms with Crippen molar-refractivity contribution < 1.29 is 13.9 Å². The molecule has 1 aromatic heterocycles. The molecule has 2 aromatic rings. The maximum absolute atomic E-state index is 12.5. The predicted molar refractivity (Wildman–Crippen MR) is 87.7 cm³/mol. The van der Waals surface area contributed by atoms with Gasteiger partial charge in [0.2, 0.25) is 0 Å². The number of hydrogen-bond acceptors (Lipinski definition) is 4. The lowest BCUT2D eigenvalue weighted by Crippen LogP contribution is -2.34. The minimum Gasteiger partial charge on any atom is -0.422 e. The number of amides is 1. The molecule has 5 heteroatoms. The summed E-state index contributed by atoms with van der Waals surface area (Å²) in [6, 6.07) is 8.79. The summed E-state index contributed by atoms with van der Waals surface area (Å²) in [7, 11) is 1.71. The molecular formula is C18H21NO4. The molecular weight excluding hydrogens is 294 g/mol. The number of para-hydroxylation sites is 1. The molecule has 0 radical (unpaired) electrons. The first kappa shape index (κ1) is 15.7. The van der Waals surface area contributed by atoms with Gasteiger partial charge in [-0.2, -0.15) is 0 Å². The third kappa shape index (κ3) is 3.62. The molecule has 1 fully saturated rings. The second kappa shape index (κ2) is 6.96. The van der Waals surface area contributed by atoms with E-state index in [2.05, 4.69) is 0 Å². The lowest BCUT2D eigenvalue weighted by atomic mass is 10.1. The van der Waals surface area contributed by atoms with E-state index in [9.17, 15) is 9.59 Å². The molecule has 0 bridgehead atoms. The van der Waals surface area contributed by atoms with Gasteiger partial charge in [-0.25, -0.2) is 4.79 Å². The van der Waals surface area contributed by atoms with Crippen LogP contribution in [0.1, 0.15) is 36.0 Å². The molecule has 23 heavy (non-hydrogen) atoms. The van der Waals surface area contributed by atoms with Crippen molar-refractivity contribution in [2.45, 2.75) is 31.8 Å². The zero-order valence-electron chi connectivity index (χ0n) is 13.3. The summed E-state index contributed by atoms with van der Waals surface area (Å²) in [5.41, 5.74) is -0.0162. The van der Waals surface area contributed by atoms with Crippen LogP contribution >= 0.6 is 0 Å². The number of nitrogens with zero attached hydrogens (tertiary/aromatic N) is 1. The monoisotopic (exact) mass is 315 g/mol. The van der Waals surface area contributed by atoms with Gasteiger partial charge in [0.05, 0.1) is 6.10 Å². The number of rotatable bonds is 4. The van der Waals surface area contributed by atoms with Crippen LogP contribution in [0.15, 0.2) is 39.5 Å². The quantitative estimate of drug-likeness (QED) is 0.814. The van der Waals surface area contributed by atoms with Gasteiger partial charge in [-0.3, -0.25) is 4.79 Å². The van der Waals surface area contributed by atoms with Crippen molar-refractivity contribution in [2.75, 3.05) is 20.2 Å². The number of fused-ring (bicyclic) bond motifs is 1. The van der Waals surface area contributed by atoms with E-state index in [4.69, 9.17) is 9.15 Å². The van der Waals surface area contributed by atoms with Gasteiger partial charge in [0.15, 0.2) is 0 Å². The van der Waals surface area contributed by atoms with E-state index in [1.165, 1.54) is 6.42 Å². The van der Waals surface area contributed by atoms with Crippen LogP contribution < -0.4 is 5.63 Å². The Labute approximate surface area is 134 Å². The highest BCUT2D eigenvalue weighted by Gasteiger charge is 2.20. The Kier molecular flexibility index (Phi) is 4.76. The molecule has 2 heterocycles. The van der Waals surface area contributed by atoms with Crippen LogP contribution in [-0.2, 0) is 4.74 Å². The third-order valence-corrected chi connectivity index (χ3v) is 4.28. The number of ether oxygens (including phenoxy) is 1. The fourth-order valence-corrected chi connectivity index (χ4v) is 2.89. The summed E-state index contributed by atoms with van der Waals surface area (Å²) < 4.78 is 10.9. The molecule has 5 nitrogen and oxygen atoms in total. The SMILES string of the molecule is CN(CCC1CCCCO1)C(=O)c1cc2ccccc2oc1=O. The Hall–Kier alpha value is -2.14. The van der Waals surface area contributed by atoms with Gasteiger partial charge in [0, 0.05) is 25.6 Å². The van der Waals surface area contributed by atoms with E-state index in [0.717, 1.165) is 31.3 Å². The molecule has 1 aliphatic rings. The van der Waals surface area contributed by atoms with E-state index in [1.807, 2.05) is 12.1 Å². The first-order valence-corrected chi connectivity index (χ1v) is 8.05. The molecule has 1 saturated heterocycles. The van der Waals surface area contributed by atoms with Crippen LogP contribution in [0, 0.1) is 0 Å². The lowest BCUT2D eigenvalue weighted by Gasteiger charge is -2.25. The second-order valence-corrected chi connectivity index (χ2v) is 5.99. The number of hydrogen-bond donors (Lipinski definition) is 0. The van der Waals surface area contributed by atoms with Crippen molar-refractivity contribution in [3.63, 3.8) is 0 Å². The molecule has 1 aliphatic heterocycles. The largest absolute Gasteiger partial charge is 0.422 e. The molecule has 0 spiro atoms. The van der Waals surface area contributed by atoms with Crippen LogP contribution in [0.5, 0.6) is 0 Å². The Balaban J connectivity index is 1.71. The molecule has 1 unspecified atom stereocenters. The normalized spacial score (nSPS) is 18.0. The van der Waals surface area contributed by atoms with E-state index in [0.29, 0.717) is 12.1 Å². The summed E-state index contributed by atoms with van der Waals surface area (Å²) in [4.78, 5) is 26.1. The molecule has 1 amide bonds. The van der Waals surface area contributed by atoms with E-state index < -0.39 is 5.63 Å². The molecule has 1 aromatic carbocycles. The Morgan fingerprint density at radius 3 is 2.91 bits per heavy atom. The zero-order chi connectivity index (χ0) is 16.2. The average molecular weight is 315 g/mol. The minimum atomic E-state index is -0.588. The van der Waals surface area contributed by atoms with Crippen molar-refractivity contribution in [2.24, 2.45) is 0 Å². The molecule has 0 aliphatic carbocycles. The Morgan fingerprint density at radius 2 is 2.13 bits per heavy atom. The van der Waals surface area contributed by atoms with E-state index in [-0.39, 0.29) is 17.6 Å². The second-order valence-electron chi connectivity index (χ2n) is 5.99. The summed E-state index contributed by atoms with van der Waals surface area (Å²) >= 11 is 0. The maximum Gasteiger partial charge on any atom is 0.349 e. The first-order chi connectivity index (χ1) is 11.1. The van der Waals surface area contributed by atoms with Gasteiger partial charge in [-0.1, -0.05) is 18.2 Å². The molecule has 3 rings (SSSR count). The fourth-order valence-electron chi connectivity index (χ4n) is 2.89. The highest BCUT2D eigenvalue weighted by molar-refractivity contribution is 5.96. The third-order valence-electron chi connectivity index (χ3n) is 4.28. The maximum atomic E-state index is 12.5. The number of carbonyl (C=O) groups is 1. The van der Waals surface area contributed by atoms with Crippen LogP contribution in [-0.4, -0.2) is 37.1 Å². The van der Waals surface area contributed by atoms with Crippen molar-refractivity contribution >= 4 is 16.9 Å². The van der Waals surface area contributed by atoms with Crippen molar-refractivity contribution in [1.82, 2.24) is 4.90 Å². The molecule has 0 N–H and O–H groups in total. The smallest absolute Gasteiger partial charge is 0.349 e. The predicted octanol–water partition coefficient (Wildman–Crippen LogP) is 2.82. The van der Waals surface area contributed by atoms with Gasteiger partial charge in [-0.05, 0) is 37.8 Å². The summed E-state index contributed by atoms with van der Waals surface area (Å²) in [6.07, 6.45) is 4.34. The van der Waals surface area contributed by atoms with Crippen LogP contribution in [0.25, 0.3) is 11.0 Å². The number of benzene rings is 1. The van der Waals surface area contributed by atoms with Gasteiger partial charge in [-0.15, -0.1) is 0 Å². The van der Waals surface area contributed by atoms with Gasteiger partial charge in [0.25, 0.3) is 5.91 Å². The zero-order valence-corrected chi connectivity index (χ0v) is 13.3.